The second kappa shape index (κ2) is 5.61. The Balaban J connectivity index is 3.17. The number of esters is 1. The summed E-state index contributed by atoms with van der Waals surface area (Å²) in [6.45, 7) is 6.98. The Morgan fingerprint density at radius 1 is 1.32 bits per heavy atom. The minimum atomic E-state index is -1.35. The topological polar surface area (TPSA) is 55.8 Å². The van der Waals surface area contributed by atoms with Crippen molar-refractivity contribution in [1.29, 1.82) is 0 Å². The van der Waals surface area contributed by atoms with Crippen molar-refractivity contribution in [3.05, 3.63) is 29.8 Å². The molecule has 19 heavy (non-hydrogen) atoms. The van der Waals surface area contributed by atoms with E-state index in [1.54, 1.807) is 59.1 Å². The van der Waals surface area contributed by atoms with Crippen LogP contribution >= 0.6 is 0 Å². The van der Waals surface area contributed by atoms with Crippen molar-refractivity contribution in [2.75, 3.05) is 13.7 Å². The van der Waals surface area contributed by atoms with E-state index < -0.39 is 17.0 Å². The third kappa shape index (κ3) is 2.89. The van der Waals surface area contributed by atoms with Crippen molar-refractivity contribution in [3.63, 3.8) is 0 Å². The summed E-state index contributed by atoms with van der Waals surface area (Å²) in [7, 11) is 1.56. The molecule has 1 unspecified atom stereocenters. The zero-order valence-corrected chi connectivity index (χ0v) is 12.2. The van der Waals surface area contributed by atoms with Gasteiger partial charge in [-0.15, -0.1) is 0 Å². The highest BCUT2D eigenvalue weighted by Gasteiger charge is 2.47. The molecule has 1 atom stereocenters. The number of methoxy groups -OCH3 is 1. The molecule has 1 aromatic carbocycles. The molecular weight excluding hydrogens is 244 g/mol. The van der Waals surface area contributed by atoms with Gasteiger partial charge in [0.15, 0.2) is 0 Å². The Labute approximate surface area is 114 Å². The lowest BCUT2D eigenvalue weighted by molar-refractivity contribution is -0.170. The maximum absolute atomic E-state index is 12.0. The first-order valence-electron chi connectivity index (χ1n) is 6.31. The van der Waals surface area contributed by atoms with Crippen LogP contribution in [0.5, 0.6) is 5.75 Å². The molecule has 4 heteroatoms. The van der Waals surface area contributed by atoms with E-state index >= 15 is 0 Å². The van der Waals surface area contributed by atoms with Crippen LogP contribution in [0, 0.1) is 5.41 Å². The second-order valence-corrected chi connectivity index (χ2v) is 5.15. The molecule has 1 aromatic rings. The van der Waals surface area contributed by atoms with Crippen molar-refractivity contribution >= 4 is 5.97 Å². The predicted octanol–water partition coefficient (Wildman–Crippen LogP) is 2.49. The molecule has 0 bridgehead atoms. The SMILES string of the molecule is CCOC(=O)C(C)(C)C(C)(O)c1cccc(OC)c1. The standard InChI is InChI=1S/C15H22O4/c1-6-19-13(16)14(2,3)15(4,17)11-8-7-9-12(10-11)18-5/h7-10,17H,6H2,1-5H3. The molecule has 0 saturated heterocycles. The average molecular weight is 266 g/mol. The van der Waals surface area contributed by atoms with Gasteiger partial charge in [0.25, 0.3) is 0 Å². The van der Waals surface area contributed by atoms with Gasteiger partial charge in [0.05, 0.1) is 19.1 Å². The Hall–Kier alpha value is -1.55. The number of hydrogen-bond donors (Lipinski definition) is 1. The van der Waals surface area contributed by atoms with Gasteiger partial charge in [0.1, 0.15) is 11.4 Å². The molecule has 0 saturated carbocycles. The third-order valence-electron chi connectivity index (χ3n) is 3.63. The van der Waals surface area contributed by atoms with E-state index in [0.717, 1.165) is 0 Å². The molecule has 0 aromatic heterocycles. The van der Waals surface area contributed by atoms with Crippen LogP contribution in [0.4, 0.5) is 0 Å². The van der Waals surface area contributed by atoms with Gasteiger partial charge >= 0.3 is 5.97 Å². The third-order valence-corrected chi connectivity index (χ3v) is 3.63. The Morgan fingerprint density at radius 2 is 1.95 bits per heavy atom. The summed E-state index contributed by atoms with van der Waals surface area (Å²) in [5.74, 6) is 0.209. The van der Waals surface area contributed by atoms with Crippen LogP contribution < -0.4 is 4.74 Å². The lowest BCUT2D eigenvalue weighted by Gasteiger charge is -2.38. The number of ether oxygens (including phenoxy) is 2. The minimum absolute atomic E-state index is 0.288. The fraction of sp³-hybridized carbons (Fsp3) is 0.533. The zero-order chi connectivity index (χ0) is 14.7. The first kappa shape index (κ1) is 15.5. The van der Waals surface area contributed by atoms with Gasteiger partial charge in [-0.1, -0.05) is 12.1 Å². The number of aliphatic hydroxyl groups is 1. The summed E-state index contributed by atoms with van der Waals surface area (Å²) < 4.78 is 10.2. The molecule has 0 aliphatic carbocycles. The van der Waals surface area contributed by atoms with Crippen LogP contribution in [0.1, 0.15) is 33.3 Å². The molecule has 1 rings (SSSR count). The molecule has 0 heterocycles. The molecule has 0 aliphatic rings. The van der Waals surface area contributed by atoms with Crippen LogP contribution in [0.15, 0.2) is 24.3 Å². The monoisotopic (exact) mass is 266 g/mol. The van der Waals surface area contributed by atoms with E-state index in [0.29, 0.717) is 11.3 Å². The van der Waals surface area contributed by atoms with Gasteiger partial charge in [-0.3, -0.25) is 4.79 Å². The van der Waals surface area contributed by atoms with Gasteiger partial charge in [0.2, 0.25) is 0 Å². The largest absolute Gasteiger partial charge is 0.497 e. The van der Waals surface area contributed by atoms with Gasteiger partial charge in [0, 0.05) is 0 Å². The zero-order valence-electron chi connectivity index (χ0n) is 12.2. The van der Waals surface area contributed by atoms with E-state index in [9.17, 15) is 9.90 Å². The Morgan fingerprint density at radius 3 is 2.47 bits per heavy atom. The summed E-state index contributed by atoms with van der Waals surface area (Å²) in [6.07, 6.45) is 0. The normalized spacial score (nSPS) is 14.6. The first-order chi connectivity index (χ1) is 8.77. The van der Waals surface area contributed by atoms with Crippen molar-refractivity contribution < 1.29 is 19.4 Å². The predicted molar refractivity (Wildman–Crippen MR) is 73.0 cm³/mol. The fourth-order valence-electron chi connectivity index (χ4n) is 1.80. The molecule has 4 nitrogen and oxygen atoms in total. The summed E-state index contributed by atoms with van der Waals surface area (Å²) in [5.41, 5.74) is -1.80. The van der Waals surface area contributed by atoms with E-state index in [4.69, 9.17) is 9.47 Å². The van der Waals surface area contributed by atoms with Crippen molar-refractivity contribution in [2.45, 2.75) is 33.3 Å². The highest BCUT2D eigenvalue weighted by atomic mass is 16.5. The number of rotatable bonds is 5. The van der Waals surface area contributed by atoms with Gasteiger partial charge in [-0.05, 0) is 45.4 Å². The maximum atomic E-state index is 12.0. The van der Waals surface area contributed by atoms with Crippen LogP contribution in [0.25, 0.3) is 0 Å². The van der Waals surface area contributed by atoms with Gasteiger partial charge in [-0.25, -0.2) is 0 Å². The Bertz CT molecular complexity index is 449. The smallest absolute Gasteiger partial charge is 0.314 e. The minimum Gasteiger partial charge on any atom is -0.497 e. The van der Waals surface area contributed by atoms with Crippen LogP contribution in [-0.4, -0.2) is 24.8 Å². The second-order valence-electron chi connectivity index (χ2n) is 5.15. The summed E-state index contributed by atoms with van der Waals surface area (Å²) in [6, 6.07) is 7.06. The van der Waals surface area contributed by atoms with Crippen molar-refractivity contribution in [2.24, 2.45) is 5.41 Å². The molecule has 0 radical (unpaired) electrons. The number of carbonyl (C=O) groups is 1. The number of benzene rings is 1. The number of hydrogen-bond acceptors (Lipinski definition) is 4. The highest BCUT2D eigenvalue weighted by Crippen LogP contribution is 2.41. The maximum Gasteiger partial charge on any atom is 0.314 e. The summed E-state index contributed by atoms with van der Waals surface area (Å²) in [5, 5.41) is 10.8. The lowest BCUT2D eigenvalue weighted by Crippen LogP contribution is -2.46. The van der Waals surface area contributed by atoms with Crippen molar-refractivity contribution in [1.82, 2.24) is 0 Å². The van der Waals surface area contributed by atoms with Gasteiger partial charge < -0.3 is 14.6 Å². The molecule has 0 fully saturated rings. The molecule has 1 N–H and O–H groups in total. The summed E-state index contributed by atoms with van der Waals surface area (Å²) >= 11 is 0. The number of carbonyl (C=O) groups excluding carboxylic acids is 1. The van der Waals surface area contributed by atoms with E-state index in [1.165, 1.54) is 0 Å². The molecular formula is C15H22O4. The highest BCUT2D eigenvalue weighted by molar-refractivity contribution is 5.77. The van der Waals surface area contributed by atoms with Crippen molar-refractivity contribution in [3.8, 4) is 5.75 Å². The molecule has 0 aliphatic heterocycles. The lowest BCUT2D eigenvalue weighted by atomic mass is 9.72. The van der Waals surface area contributed by atoms with E-state index in [-0.39, 0.29) is 6.61 Å². The van der Waals surface area contributed by atoms with Gasteiger partial charge in [-0.2, -0.15) is 0 Å². The molecule has 106 valence electrons. The van der Waals surface area contributed by atoms with Crippen LogP contribution in [0.2, 0.25) is 0 Å². The van der Waals surface area contributed by atoms with E-state index in [2.05, 4.69) is 0 Å². The molecule has 0 amide bonds. The van der Waals surface area contributed by atoms with Crippen LogP contribution in [0.3, 0.4) is 0 Å². The average Bonchev–Trinajstić information content (AvgIpc) is 2.38. The first-order valence-corrected chi connectivity index (χ1v) is 6.31. The molecule has 0 spiro atoms. The van der Waals surface area contributed by atoms with Crippen LogP contribution in [-0.2, 0) is 15.1 Å². The Kier molecular flexibility index (Phi) is 4.58. The fourth-order valence-corrected chi connectivity index (χ4v) is 1.80. The van der Waals surface area contributed by atoms with E-state index in [1.807, 2.05) is 0 Å². The summed E-state index contributed by atoms with van der Waals surface area (Å²) in [4.78, 5) is 12.0. The quantitative estimate of drug-likeness (QED) is 0.832.